The molecule has 3 atom stereocenters. The average molecular weight is 379 g/mol. The van der Waals surface area contributed by atoms with E-state index in [1.165, 1.54) is 18.4 Å². The van der Waals surface area contributed by atoms with E-state index in [4.69, 9.17) is 4.74 Å². The van der Waals surface area contributed by atoms with Crippen molar-refractivity contribution < 1.29 is 24.2 Å². The summed E-state index contributed by atoms with van der Waals surface area (Å²) in [5.74, 6) is -2.31. The Morgan fingerprint density at radius 1 is 1.15 bits per heavy atom. The summed E-state index contributed by atoms with van der Waals surface area (Å²) in [6, 6.07) is 0. The number of nitrogens with one attached hydrogen (secondary N) is 1. The Bertz CT molecular complexity index is 726. The first kappa shape index (κ1) is 18.9. The summed E-state index contributed by atoms with van der Waals surface area (Å²) in [6.07, 6.45) is 5.47. The second-order valence-electron chi connectivity index (χ2n) is 7.37. The monoisotopic (exact) mass is 379 g/mol. The van der Waals surface area contributed by atoms with Crippen molar-refractivity contribution in [2.75, 3.05) is 12.4 Å². The molecular formula is C19H25NO5S. The molecule has 2 N–H and O–H groups in total. The largest absolute Gasteiger partial charge is 0.481 e. The molecule has 1 heterocycles. The molecule has 3 rings (SSSR count). The number of thiophene rings is 1. The molecule has 0 aromatic carbocycles. The number of ether oxygens (including phenoxy) is 1. The number of carboxylic acids is 1. The van der Waals surface area contributed by atoms with E-state index in [1.807, 2.05) is 0 Å². The summed E-state index contributed by atoms with van der Waals surface area (Å²) in [7, 11) is 1.34. The lowest BCUT2D eigenvalue weighted by molar-refractivity contribution is -0.147. The minimum Gasteiger partial charge on any atom is -0.481 e. The van der Waals surface area contributed by atoms with Crippen molar-refractivity contribution in [3.8, 4) is 0 Å². The van der Waals surface area contributed by atoms with E-state index in [2.05, 4.69) is 12.2 Å². The van der Waals surface area contributed by atoms with E-state index in [-0.39, 0.29) is 5.91 Å². The summed E-state index contributed by atoms with van der Waals surface area (Å²) in [5, 5.41) is 12.8. The molecule has 7 heteroatoms. The van der Waals surface area contributed by atoms with Crippen LogP contribution in [-0.2, 0) is 27.2 Å². The Labute approximate surface area is 156 Å². The quantitative estimate of drug-likeness (QED) is 0.781. The summed E-state index contributed by atoms with van der Waals surface area (Å²) >= 11 is 1.43. The second-order valence-corrected chi connectivity index (χ2v) is 8.48. The Kier molecular flexibility index (Phi) is 5.65. The molecular weight excluding hydrogens is 354 g/mol. The van der Waals surface area contributed by atoms with Crippen LogP contribution < -0.4 is 5.32 Å². The van der Waals surface area contributed by atoms with Gasteiger partial charge in [0.05, 0.1) is 24.5 Å². The van der Waals surface area contributed by atoms with E-state index in [0.29, 0.717) is 29.3 Å². The van der Waals surface area contributed by atoms with E-state index in [9.17, 15) is 19.5 Å². The molecule has 1 aromatic heterocycles. The molecule has 142 valence electrons. The van der Waals surface area contributed by atoms with Crippen LogP contribution >= 0.6 is 11.3 Å². The molecule has 0 aliphatic heterocycles. The molecule has 1 fully saturated rings. The maximum atomic E-state index is 12.8. The minimum atomic E-state index is -0.919. The Morgan fingerprint density at radius 3 is 2.50 bits per heavy atom. The van der Waals surface area contributed by atoms with Crippen LogP contribution in [0.5, 0.6) is 0 Å². The van der Waals surface area contributed by atoms with Gasteiger partial charge in [-0.2, -0.15) is 0 Å². The number of hydrogen-bond acceptors (Lipinski definition) is 5. The Morgan fingerprint density at radius 2 is 1.85 bits per heavy atom. The lowest BCUT2D eigenvalue weighted by Crippen LogP contribution is -2.36. The highest BCUT2D eigenvalue weighted by atomic mass is 32.1. The van der Waals surface area contributed by atoms with E-state index in [0.717, 1.165) is 42.5 Å². The zero-order chi connectivity index (χ0) is 18.8. The molecule has 0 unspecified atom stereocenters. The summed E-state index contributed by atoms with van der Waals surface area (Å²) in [4.78, 5) is 37.7. The maximum Gasteiger partial charge on any atom is 0.341 e. The van der Waals surface area contributed by atoms with Crippen LogP contribution in [0.2, 0.25) is 0 Å². The number of carbonyl (C=O) groups is 3. The predicted octanol–water partition coefficient (Wildman–Crippen LogP) is 3.49. The third-order valence-electron chi connectivity index (χ3n) is 5.56. The number of methoxy groups -OCH3 is 1. The highest BCUT2D eigenvalue weighted by Gasteiger charge is 2.37. The van der Waals surface area contributed by atoms with Crippen LogP contribution in [0.3, 0.4) is 0 Å². The Hall–Kier alpha value is -1.89. The number of fused-ring (bicyclic) bond motifs is 1. The predicted molar refractivity (Wildman–Crippen MR) is 98.6 cm³/mol. The van der Waals surface area contributed by atoms with Gasteiger partial charge in [-0.25, -0.2) is 4.79 Å². The van der Waals surface area contributed by atoms with Gasteiger partial charge in [0.25, 0.3) is 0 Å². The fourth-order valence-corrected chi connectivity index (χ4v) is 5.50. The van der Waals surface area contributed by atoms with Gasteiger partial charge in [-0.3, -0.25) is 9.59 Å². The number of esters is 1. The van der Waals surface area contributed by atoms with Crippen LogP contribution in [-0.4, -0.2) is 30.1 Å². The molecule has 0 radical (unpaired) electrons. The fraction of sp³-hybridized carbons (Fsp3) is 0.632. The molecule has 26 heavy (non-hydrogen) atoms. The normalized spacial score (nSPS) is 25.2. The van der Waals surface area contributed by atoms with Crippen molar-refractivity contribution in [2.45, 2.75) is 51.9 Å². The molecule has 0 spiro atoms. The van der Waals surface area contributed by atoms with Crippen molar-refractivity contribution >= 4 is 34.2 Å². The zero-order valence-electron chi connectivity index (χ0n) is 15.2. The van der Waals surface area contributed by atoms with Gasteiger partial charge in [0.2, 0.25) is 5.91 Å². The number of carbonyl (C=O) groups excluding carboxylic acids is 2. The lowest BCUT2D eigenvalue weighted by atomic mass is 9.78. The number of amides is 1. The van der Waals surface area contributed by atoms with Crippen molar-refractivity contribution in [1.29, 1.82) is 0 Å². The van der Waals surface area contributed by atoms with E-state index >= 15 is 0 Å². The minimum absolute atomic E-state index is 0.297. The molecule has 2 aliphatic rings. The summed E-state index contributed by atoms with van der Waals surface area (Å²) in [5.41, 5.74) is 1.43. The van der Waals surface area contributed by atoms with Gasteiger partial charge in [0.15, 0.2) is 0 Å². The number of hydrogen-bond donors (Lipinski definition) is 2. The van der Waals surface area contributed by atoms with Gasteiger partial charge in [-0.15, -0.1) is 11.3 Å². The van der Waals surface area contributed by atoms with Gasteiger partial charge in [0.1, 0.15) is 5.00 Å². The van der Waals surface area contributed by atoms with E-state index in [1.54, 1.807) is 0 Å². The standard InChI is InChI=1S/C19H25NO5S/c1-10-7-8-13-14(9-10)26-17(15(13)19(24)25-2)20-16(21)11-5-3-4-6-12(11)18(22)23/h10-12H,3-9H2,1-2H3,(H,20,21)(H,22,23)/t10-,11-,12-/m0/s1. The molecule has 0 saturated heterocycles. The molecule has 1 aromatic rings. The fourth-order valence-electron chi connectivity index (χ4n) is 4.10. The second kappa shape index (κ2) is 7.78. The maximum absolute atomic E-state index is 12.8. The Balaban J connectivity index is 1.88. The topological polar surface area (TPSA) is 92.7 Å². The van der Waals surface area contributed by atoms with E-state index < -0.39 is 23.8 Å². The van der Waals surface area contributed by atoms with Crippen molar-refractivity contribution in [3.63, 3.8) is 0 Å². The first-order valence-corrected chi connectivity index (χ1v) is 10.0. The van der Waals surface area contributed by atoms with Crippen LogP contribution in [0.4, 0.5) is 5.00 Å². The third kappa shape index (κ3) is 3.63. The molecule has 1 saturated carbocycles. The number of aliphatic carboxylic acids is 1. The van der Waals surface area contributed by atoms with Crippen molar-refractivity contribution in [3.05, 3.63) is 16.0 Å². The van der Waals surface area contributed by atoms with Crippen LogP contribution in [0, 0.1) is 17.8 Å². The van der Waals surface area contributed by atoms with Crippen molar-refractivity contribution in [2.24, 2.45) is 17.8 Å². The van der Waals surface area contributed by atoms with Gasteiger partial charge < -0.3 is 15.2 Å². The van der Waals surface area contributed by atoms with Crippen molar-refractivity contribution in [1.82, 2.24) is 0 Å². The summed E-state index contributed by atoms with van der Waals surface area (Å²) < 4.78 is 4.94. The van der Waals surface area contributed by atoms with Gasteiger partial charge in [-0.05, 0) is 43.6 Å². The van der Waals surface area contributed by atoms with Crippen LogP contribution in [0.25, 0.3) is 0 Å². The first-order valence-electron chi connectivity index (χ1n) is 9.18. The number of rotatable bonds is 4. The first-order chi connectivity index (χ1) is 12.4. The molecule has 2 aliphatic carbocycles. The molecule has 1 amide bonds. The number of carboxylic acid groups (broad SMARTS) is 1. The van der Waals surface area contributed by atoms with Gasteiger partial charge >= 0.3 is 11.9 Å². The summed E-state index contributed by atoms with van der Waals surface area (Å²) in [6.45, 7) is 2.18. The van der Waals surface area contributed by atoms with Crippen LogP contribution in [0.1, 0.15) is 59.8 Å². The van der Waals surface area contributed by atoms with Gasteiger partial charge in [0, 0.05) is 4.88 Å². The highest BCUT2D eigenvalue weighted by molar-refractivity contribution is 7.17. The average Bonchev–Trinajstić information content (AvgIpc) is 2.97. The van der Waals surface area contributed by atoms with Crippen LogP contribution in [0.15, 0.2) is 0 Å². The smallest absolute Gasteiger partial charge is 0.341 e. The highest BCUT2D eigenvalue weighted by Crippen LogP contribution is 2.41. The lowest BCUT2D eigenvalue weighted by Gasteiger charge is -2.27. The molecule has 6 nitrogen and oxygen atoms in total. The SMILES string of the molecule is COC(=O)c1c(NC(=O)[C@H]2CCCC[C@@H]2C(=O)O)sc2c1CC[C@H](C)C2. The number of anilines is 1. The van der Waals surface area contributed by atoms with Gasteiger partial charge in [-0.1, -0.05) is 19.8 Å². The molecule has 0 bridgehead atoms. The zero-order valence-corrected chi connectivity index (χ0v) is 16.0. The third-order valence-corrected chi connectivity index (χ3v) is 6.73.